The lowest BCUT2D eigenvalue weighted by molar-refractivity contribution is 0.274. The van der Waals surface area contributed by atoms with Gasteiger partial charge in [0.15, 0.2) is 0 Å². The number of primary sulfonamides is 1. The highest BCUT2D eigenvalue weighted by atomic mass is 32.2. The van der Waals surface area contributed by atoms with Gasteiger partial charge in [0.2, 0.25) is 10.0 Å². The SMILES string of the molecule is NS(=O)(=O)c1cccc(NC2CCOc3ccccc32)c1. The first kappa shape index (κ1) is 13.9. The number of hydrogen-bond acceptors (Lipinski definition) is 4. The molecule has 1 unspecified atom stereocenters. The van der Waals surface area contributed by atoms with E-state index >= 15 is 0 Å². The van der Waals surface area contributed by atoms with Gasteiger partial charge in [0.05, 0.1) is 17.5 Å². The van der Waals surface area contributed by atoms with Gasteiger partial charge < -0.3 is 10.1 Å². The Morgan fingerprint density at radius 2 is 1.95 bits per heavy atom. The Balaban J connectivity index is 1.89. The van der Waals surface area contributed by atoms with Crippen molar-refractivity contribution in [3.63, 3.8) is 0 Å². The minimum absolute atomic E-state index is 0.0886. The standard InChI is InChI=1S/C15H16N2O3S/c16-21(18,19)12-5-3-4-11(10-12)17-14-8-9-20-15-7-2-1-6-13(14)15/h1-7,10,14,17H,8-9H2,(H2,16,18,19). The summed E-state index contributed by atoms with van der Waals surface area (Å²) in [6.45, 7) is 0.629. The van der Waals surface area contributed by atoms with E-state index in [0.717, 1.165) is 23.4 Å². The summed E-state index contributed by atoms with van der Waals surface area (Å²) in [7, 11) is -3.69. The van der Waals surface area contributed by atoms with Crippen LogP contribution in [0.5, 0.6) is 5.75 Å². The summed E-state index contributed by atoms with van der Waals surface area (Å²) in [6.07, 6.45) is 0.816. The highest BCUT2D eigenvalue weighted by Gasteiger charge is 2.21. The molecule has 0 aliphatic carbocycles. The summed E-state index contributed by atoms with van der Waals surface area (Å²) < 4.78 is 28.4. The molecule has 0 amide bonds. The summed E-state index contributed by atoms with van der Waals surface area (Å²) in [6, 6.07) is 14.5. The van der Waals surface area contributed by atoms with Crippen LogP contribution >= 0.6 is 0 Å². The molecule has 110 valence electrons. The maximum Gasteiger partial charge on any atom is 0.238 e. The van der Waals surface area contributed by atoms with Gasteiger partial charge in [-0.2, -0.15) is 0 Å². The van der Waals surface area contributed by atoms with Gasteiger partial charge in [-0.25, -0.2) is 13.6 Å². The van der Waals surface area contributed by atoms with Crippen molar-refractivity contribution in [1.82, 2.24) is 0 Å². The van der Waals surface area contributed by atoms with E-state index < -0.39 is 10.0 Å². The molecule has 0 spiro atoms. The molecule has 2 aromatic carbocycles. The van der Waals surface area contributed by atoms with E-state index in [4.69, 9.17) is 9.88 Å². The molecule has 0 aromatic heterocycles. The highest BCUT2D eigenvalue weighted by molar-refractivity contribution is 7.89. The lowest BCUT2D eigenvalue weighted by Crippen LogP contribution is -2.20. The van der Waals surface area contributed by atoms with E-state index in [2.05, 4.69) is 5.32 Å². The van der Waals surface area contributed by atoms with Crippen molar-refractivity contribution >= 4 is 15.7 Å². The van der Waals surface area contributed by atoms with Crippen LogP contribution in [-0.2, 0) is 10.0 Å². The highest BCUT2D eigenvalue weighted by Crippen LogP contribution is 2.34. The second-order valence-corrected chi connectivity index (χ2v) is 6.51. The molecule has 1 aliphatic rings. The van der Waals surface area contributed by atoms with Gasteiger partial charge in [-0.05, 0) is 24.3 Å². The number of fused-ring (bicyclic) bond motifs is 1. The Kier molecular flexibility index (Phi) is 3.57. The summed E-state index contributed by atoms with van der Waals surface area (Å²) in [5.74, 6) is 0.865. The quantitative estimate of drug-likeness (QED) is 0.911. The molecule has 2 aromatic rings. The maximum absolute atomic E-state index is 11.4. The molecule has 0 radical (unpaired) electrons. The average molecular weight is 304 g/mol. The number of para-hydroxylation sites is 1. The molecule has 21 heavy (non-hydrogen) atoms. The van der Waals surface area contributed by atoms with Crippen LogP contribution in [0.3, 0.4) is 0 Å². The van der Waals surface area contributed by atoms with Gasteiger partial charge in [0.1, 0.15) is 5.75 Å². The van der Waals surface area contributed by atoms with Crippen molar-refractivity contribution in [2.45, 2.75) is 17.4 Å². The van der Waals surface area contributed by atoms with Gasteiger partial charge in [-0.1, -0.05) is 24.3 Å². The fourth-order valence-electron chi connectivity index (χ4n) is 2.46. The minimum atomic E-state index is -3.69. The van der Waals surface area contributed by atoms with Gasteiger partial charge >= 0.3 is 0 Å². The Morgan fingerprint density at radius 3 is 2.76 bits per heavy atom. The Hall–Kier alpha value is -2.05. The zero-order valence-electron chi connectivity index (χ0n) is 11.3. The van der Waals surface area contributed by atoms with Crippen molar-refractivity contribution in [2.24, 2.45) is 5.14 Å². The first-order valence-corrected chi connectivity index (χ1v) is 8.20. The van der Waals surface area contributed by atoms with Gasteiger partial charge in [0.25, 0.3) is 0 Å². The van der Waals surface area contributed by atoms with E-state index in [-0.39, 0.29) is 10.9 Å². The average Bonchev–Trinajstić information content (AvgIpc) is 2.47. The van der Waals surface area contributed by atoms with Crippen LogP contribution in [0.1, 0.15) is 18.0 Å². The molecule has 0 saturated carbocycles. The number of benzene rings is 2. The van der Waals surface area contributed by atoms with Crippen LogP contribution in [0.15, 0.2) is 53.4 Å². The minimum Gasteiger partial charge on any atom is -0.493 e. The Bertz CT molecular complexity index is 759. The molecule has 3 N–H and O–H groups in total. The largest absolute Gasteiger partial charge is 0.493 e. The number of ether oxygens (including phenoxy) is 1. The van der Waals surface area contributed by atoms with E-state index in [1.165, 1.54) is 6.07 Å². The van der Waals surface area contributed by atoms with Gasteiger partial charge in [0, 0.05) is 17.7 Å². The van der Waals surface area contributed by atoms with Crippen LogP contribution in [0.4, 0.5) is 5.69 Å². The second kappa shape index (κ2) is 5.38. The topological polar surface area (TPSA) is 81.4 Å². The number of rotatable bonds is 3. The first-order valence-electron chi connectivity index (χ1n) is 6.65. The molecule has 0 bridgehead atoms. The Morgan fingerprint density at radius 1 is 1.14 bits per heavy atom. The first-order chi connectivity index (χ1) is 10.0. The molecular formula is C15H16N2O3S. The predicted molar refractivity (Wildman–Crippen MR) is 80.7 cm³/mol. The van der Waals surface area contributed by atoms with E-state index in [1.54, 1.807) is 12.1 Å². The molecular weight excluding hydrogens is 288 g/mol. The number of nitrogens with two attached hydrogens (primary N) is 1. The van der Waals surface area contributed by atoms with Crippen molar-refractivity contribution in [3.8, 4) is 5.75 Å². The number of hydrogen-bond donors (Lipinski definition) is 2. The molecule has 5 nitrogen and oxygen atoms in total. The smallest absolute Gasteiger partial charge is 0.238 e. The van der Waals surface area contributed by atoms with Crippen LogP contribution in [0.2, 0.25) is 0 Å². The summed E-state index contributed by atoms with van der Waals surface area (Å²) in [4.78, 5) is 0.104. The summed E-state index contributed by atoms with van der Waals surface area (Å²) >= 11 is 0. The van der Waals surface area contributed by atoms with Crippen LogP contribution in [0, 0.1) is 0 Å². The fraction of sp³-hybridized carbons (Fsp3) is 0.200. The zero-order valence-corrected chi connectivity index (χ0v) is 12.1. The van der Waals surface area contributed by atoms with Crippen molar-refractivity contribution in [1.29, 1.82) is 0 Å². The number of nitrogens with one attached hydrogen (secondary N) is 1. The maximum atomic E-state index is 11.4. The molecule has 1 atom stereocenters. The fourth-order valence-corrected chi connectivity index (χ4v) is 3.02. The molecule has 1 aliphatic heterocycles. The second-order valence-electron chi connectivity index (χ2n) is 4.94. The van der Waals surface area contributed by atoms with Crippen LogP contribution in [0.25, 0.3) is 0 Å². The van der Waals surface area contributed by atoms with Crippen molar-refractivity contribution in [3.05, 3.63) is 54.1 Å². The lowest BCUT2D eigenvalue weighted by Gasteiger charge is -2.27. The zero-order chi connectivity index (χ0) is 14.9. The molecule has 0 fully saturated rings. The lowest BCUT2D eigenvalue weighted by atomic mass is 10.0. The van der Waals surface area contributed by atoms with Gasteiger partial charge in [-0.3, -0.25) is 0 Å². The normalized spacial score (nSPS) is 17.7. The van der Waals surface area contributed by atoms with Crippen LogP contribution in [-0.4, -0.2) is 15.0 Å². The monoisotopic (exact) mass is 304 g/mol. The van der Waals surface area contributed by atoms with E-state index in [0.29, 0.717) is 6.61 Å². The molecule has 0 saturated heterocycles. The van der Waals surface area contributed by atoms with Crippen molar-refractivity contribution < 1.29 is 13.2 Å². The van der Waals surface area contributed by atoms with Crippen molar-refractivity contribution in [2.75, 3.05) is 11.9 Å². The third-order valence-electron chi connectivity index (χ3n) is 3.46. The van der Waals surface area contributed by atoms with Gasteiger partial charge in [-0.15, -0.1) is 0 Å². The van der Waals surface area contributed by atoms with E-state index in [9.17, 15) is 8.42 Å². The molecule has 6 heteroatoms. The van der Waals surface area contributed by atoms with Crippen LogP contribution < -0.4 is 15.2 Å². The third-order valence-corrected chi connectivity index (χ3v) is 4.37. The summed E-state index contributed by atoms with van der Waals surface area (Å²) in [5.41, 5.74) is 1.80. The molecule has 1 heterocycles. The molecule has 3 rings (SSSR count). The summed E-state index contributed by atoms with van der Waals surface area (Å²) in [5, 5.41) is 8.51. The Labute approximate surface area is 123 Å². The number of sulfonamides is 1. The predicted octanol–water partition coefficient (Wildman–Crippen LogP) is 2.27. The number of anilines is 1. The van der Waals surface area contributed by atoms with E-state index in [1.807, 2.05) is 30.3 Å². The third kappa shape index (κ3) is 3.01.